The van der Waals surface area contributed by atoms with Crippen molar-refractivity contribution in [1.82, 2.24) is 5.31 Å². The van der Waals surface area contributed by atoms with Gasteiger partial charge < -0.3 is 10.4 Å². The Hall–Kier alpha value is -0.570. The molecule has 0 saturated carbocycles. The number of rotatable bonds is 1. The van der Waals surface area contributed by atoms with E-state index in [1.165, 1.54) is 0 Å². The number of nitrogens with one attached hydrogen (secondary N) is 1. The van der Waals surface area contributed by atoms with Gasteiger partial charge in [-0.2, -0.15) is 0 Å². The molecule has 1 aliphatic rings. The summed E-state index contributed by atoms with van der Waals surface area (Å²) in [5.41, 5.74) is 0. The molecule has 8 heavy (non-hydrogen) atoms. The summed E-state index contributed by atoms with van der Waals surface area (Å²) in [6.45, 7) is 0.184. The second kappa shape index (κ2) is 2.13. The van der Waals surface area contributed by atoms with Gasteiger partial charge in [-0.3, -0.25) is 4.79 Å². The van der Waals surface area contributed by atoms with Crippen LogP contribution in [0.15, 0.2) is 0 Å². The molecule has 0 amide bonds. The number of hydrogen-bond acceptors (Lipinski definition) is 2. The van der Waals surface area contributed by atoms with Crippen molar-refractivity contribution >= 4 is 5.97 Å². The van der Waals surface area contributed by atoms with Gasteiger partial charge in [0.25, 0.3) is 0 Å². The summed E-state index contributed by atoms with van der Waals surface area (Å²) in [4.78, 5) is 10.5. The standard InChI is InChI=1S/C5H9NO2/c7-5(8)4-2-1-3-6-4/h4,6H,1-3H2,(H,7,8)/t4-/m0/s1/i2D,4D/hD/t2?,4-. The molecule has 1 rings (SSSR count). The quantitative estimate of drug-likeness (QED) is 0.502. The predicted octanol–water partition coefficient (Wildman–Crippen LogP) is -0.177. The summed E-state index contributed by atoms with van der Waals surface area (Å²) in [5.74, 6) is -1.41. The summed E-state index contributed by atoms with van der Waals surface area (Å²) < 4.78 is 21.6. The number of aliphatic carboxylic acids is 1. The first kappa shape index (κ1) is 2.82. The molecule has 3 nitrogen and oxygen atoms in total. The molecule has 46 valence electrons. The average molecular weight is 118 g/mol. The van der Waals surface area contributed by atoms with Crippen molar-refractivity contribution < 1.29 is 14.1 Å². The normalized spacial score (nSPS) is 54.5. The van der Waals surface area contributed by atoms with Crippen LogP contribution in [0.1, 0.15) is 15.6 Å². The van der Waals surface area contributed by atoms with Crippen LogP contribution in [-0.4, -0.2) is 23.6 Å². The Kier molecular flexibility index (Phi) is 0.753. The Morgan fingerprint density at radius 1 is 2.25 bits per heavy atom. The van der Waals surface area contributed by atoms with E-state index in [-0.39, 0.29) is 13.0 Å². The van der Waals surface area contributed by atoms with Crippen LogP contribution in [0.4, 0.5) is 0 Å². The van der Waals surface area contributed by atoms with Crippen LogP contribution >= 0.6 is 0 Å². The highest BCUT2D eigenvalue weighted by Gasteiger charge is 2.20. The summed E-state index contributed by atoms with van der Waals surface area (Å²) in [5, 5.41) is 9.19. The van der Waals surface area contributed by atoms with E-state index >= 15 is 0 Å². The minimum absolute atomic E-state index is 0.184. The van der Waals surface area contributed by atoms with Gasteiger partial charge in [0.15, 0.2) is 0 Å². The fourth-order valence-corrected chi connectivity index (χ4v) is 0.606. The van der Waals surface area contributed by atoms with Gasteiger partial charge in [0.2, 0.25) is 0 Å². The number of carbonyl (C=O) groups is 1. The fraction of sp³-hybridized carbons (Fsp3) is 0.800. The molecule has 1 fully saturated rings. The third-order valence-electron chi connectivity index (χ3n) is 0.968. The van der Waals surface area contributed by atoms with E-state index in [0.29, 0.717) is 5.31 Å². The van der Waals surface area contributed by atoms with E-state index in [4.69, 9.17) is 9.26 Å². The number of carboxylic acid groups (broad SMARTS) is 1. The van der Waals surface area contributed by atoms with E-state index < -0.39 is 18.4 Å². The van der Waals surface area contributed by atoms with Crippen molar-refractivity contribution in [3.63, 3.8) is 0 Å². The van der Waals surface area contributed by atoms with Crippen LogP contribution in [0.5, 0.6) is 0 Å². The van der Waals surface area contributed by atoms with Crippen LogP contribution in [0.2, 0.25) is 1.41 Å². The lowest BCUT2D eigenvalue weighted by molar-refractivity contribution is -0.139. The first-order chi connectivity index (χ1) is 4.99. The molecule has 2 N–H and O–H groups in total. The van der Waals surface area contributed by atoms with Crippen LogP contribution in [0.3, 0.4) is 0 Å². The molecule has 0 aromatic carbocycles. The van der Waals surface area contributed by atoms with Crippen LogP contribution in [-0.2, 0) is 4.79 Å². The maximum Gasteiger partial charge on any atom is 0.320 e. The molecular formula is C5H9NO2. The Bertz CT molecular complexity index is 177. The third kappa shape index (κ3) is 0.980. The van der Waals surface area contributed by atoms with Gasteiger partial charge in [-0.1, -0.05) is 0 Å². The minimum Gasteiger partial charge on any atom is -0.480 e. The summed E-state index contributed by atoms with van der Waals surface area (Å²) in [6.07, 6.45) is -0.739. The Balaban J connectivity index is 2.88. The summed E-state index contributed by atoms with van der Waals surface area (Å²) in [7, 11) is 0. The lowest BCUT2D eigenvalue weighted by Gasteiger charge is -1.99. The van der Waals surface area contributed by atoms with Gasteiger partial charge in [-0.25, -0.2) is 0 Å². The molecule has 1 aliphatic heterocycles. The zero-order chi connectivity index (χ0) is 8.65. The molecule has 0 bridgehead atoms. The lowest BCUT2D eigenvalue weighted by Crippen LogP contribution is -2.29. The van der Waals surface area contributed by atoms with E-state index in [2.05, 4.69) is 0 Å². The molecular weight excluding hydrogens is 106 g/mol. The smallest absolute Gasteiger partial charge is 0.320 e. The monoisotopic (exact) mass is 118 g/mol. The second-order valence-electron chi connectivity index (χ2n) is 1.56. The largest absolute Gasteiger partial charge is 0.480 e. The van der Waals surface area contributed by atoms with E-state index in [0.717, 1.165) is 0 Å². The zero-order valence-electron chi connectivity index (χ0n) is 7.29. The van der Waals surface area contributed by atoms with Crippen molar-refractivity contribution in [3.8, 4) is 0 Å². The molecule has 1 unspecified atom stereocenters. The number of carboxylic acids is 1. The molecule has 0 aromatic heterocycles. The molecule has 2 atom stereocenters. The Labute approximate surface area is 52.0 Å². The second-order valence-corrected chi connectivity index (χ2v) is 1.56. The maximum atomic E-state index is 10.5. The van der Waals surface area contributed by atoms with Gasteiger partial charge >= 0.3 is 5.97 Å². The topological polar surface area (TPSA) is 49.3 Å². The van der Waals surface area contributed by atoms with E-state index in [1.54, 1.807) is 0 Å². The maximum absolute atomic E-state index is 10.5. The molecule has 0 radical (unpaired) electrons. The predicted molar refractivity (Wildman–Crippen MR) is 28.7 cm³/mol. The zero-order valence-corrected chi connectivity index (χ0v) is 4.29. The Morgan fingerprint density at radius 2 is 3.00 bits per heavy atom. The highest BCUT2D eigenvalue weighted by molar-refractivity contribution is 5.73. The van der Waals surface area contributed by atoms with Crippen molar-refractivity contribution in [2.24, 2.45) is 0 Å². The van der Waals surface area contributed by atoms with Gasteiger partial charge in [-0.15, -0.1) is 0 Å². The molecule has 1 heterocycles. The first-order valence-electron chi connectivity index (χ1n) is 3.94. The van der Waals surface area contributed by atoms with E-state index in [9.17, 15) is 4.79 Å². The number of hydrogen-bond donors (Lipinski definition) is 2. The van der Waals surface area contributed by atoms with Gasteiger partial charge in [-0.05, 0) is 19.4 Å². The summed E-state index contributed by atoms with van der Waals surface area (Å²) >= 11 is 0. The van der Waals surface area contributed by atoms with Crippen molar-refractivity contribution in [1.29, 1.82) is 0 Å². The van der Waals surface area contributed by atoms with Crippen molar-refractivity contribution in [3.05, 3.63) is 0 Å². The first-order valence-corrected chi connectivity index (χ1v) is 2.41. The van der Waals surface area contributed by atoms with Crippen LogP contribution < -0.4 is 5.31 Å². The van der Waals surface area contributed by atoms with E-state index in [1.807, 2.05) is 0 Å². The molecule has 3 heteroatoms. The molecule has 0 aliphatic carbocycles. The average Bonchev–Trinajstić information content (AvgIpc) is 2.18. The fourth-order valence-electron chi connectivity index (χ4n) is 0.606. The van der Waals surface area contributed by atoms with Gasteiger partial charge in [0.1, 0.15) is 7.43 Å². The summed E-state index contributed by atoms with van der Waals surface area (Å²) in [6, 6.07) is -2.06. The third-order valence-corrected chi connectivity index (χ3v) is 0.968. The molecule has 1 saturated heterocycles. The Morgan fingerprint density at radius 3 is 3.25 bits per heavy atom. The van der Waals surface area contributed by atoms with Gasteiger partial charge in [0, 0.05) is 1.37 Å². The molecule has 0 aromatic rings. The van der Waals surface area contributed by atoms with Crippen molar-refractivity contribution in [2.75, 3.05) is 6.54 Å². The van der Waals surface area contributed by atoms with Gasteiger partial charge in [0.05, 0.1) is 1.37 Å². The minimum atomic E-state index is -2.06. The molecule has 0 spiro atoms. The van der Waals surface area contributed by atoms with Crippen LogP contribution in [0.25, 0.3) is 0 Å². The lowest BCUT2D eigenvalue weighted by atomic mass is 10.2. The van der Waals surface area contributed by atoms with Crippen molar-refractivity contribution in [2.45, 2.75) is 18.8 Å². The van der Waals surface area contributed by atoms with Crippen LogP contribution in [0, 0.1) is 0 Å². The highest BCUT2D eigenvalue weighted by atomic mass is 16.4. The highest BCUT2D eigenvalue weighted by Crippen LogP contribution is 2.03. The SMILES string of the molecule is [2H]C1CCN([2H])[C@]1([2H])C(=O)O.